The van der Waals surface area contributed by atoms with Gasteiger partial charge in [-0.1, -0.05) is 30.3 Å². The zero-order valence-corrected chi connectivity index (χ0v) is 9.69. The van der Waals surface area contributed by atoms with E-state index in [1.807, 2.05) is 53.2 Å². The lowest BCUT2D eigenvalue weighted by molar-refractivity contribution is 1.10. The third-order valence-electron chi connectivity index (χ3n) is 2.68. The predicted molar refractivity (Wildman–Crippen MR) is 71.6 cm³/mol. The third kappa shape index (κ3) is 1.84. The maximum atomic E-state index is 5.35. The average molecular weight is 236 g/mol. The fourth-order valence-corrected chi connectivity index (χ4v) is 1.83. The number of nitrogens with zero attached hydrogens (tertiary/aromatic N) is 3. The molecule has 0 fully saturated rings. The van der Waals surface area contributed by atoms with Crippen LogP contribution in [0.25, 0.3) is 23.1 Å². The zero-order chi connectivity index (χ0) is 12.4. The monoisotopic (exact) mass is 236 g/mol. The van der Waals surface area contributed by atoms with Crippen LogP contribution >= 0.6 is 0 Å². The van der Waals surface area contributed by atoms with Crippen molar-refractivity contribution in [3.63, 3.8) is 0 Å². The third-order valence-corrected chi connectivity index (χ3v) is 2.68. The molecule has 0 aliphatic rings. The first kappa shape index (κ1) is 10.5. The summed E-state index contributed by atoms with van der Waals surface area (Å²) in [6.45, 7) is 0. The minimum atomic E-state index is 0.671. The first-order valence-electron chi connectivity index (χ1n) is 5.66. The highest BCUT2D eigenvalue weighted by Gasteiger charge is 2.04. The Balaban J connectivity index is 2.11. The van der Waals surface area contributed by atoms with E-state index in [0.29, 0.717) is 5.78 Å². The second-order valence-electron chi connectivity index (χ2n) is 3.91. The molecule has 4 heteroatoms. The van der Waals surface area contributed by atoms with Crippen molar-refractivity contribution in [2.24, 2.45) is 5.73 Å². The first-order chi connectivity index (χ1) is 8.86. The van der Waals surface area contributed by atoms with Gasteiger partial charge in [-0.2, -0.15) is 0 Å². The SMILES string of the molecule is N/C=C/c1ccn2cc(-c3ccccc3)nc2n1. The summed E-state index contributed by atoms with van der Waals surface area (Å²) in [4.78, 5) is 8.90. The van der Waals surface area contributed by atoms with Crippen LogP contribution in [0.4, 0.5) is 0 Å². The summed E-state index contributed by atoms with van der Waals surface area (Å²) in [5.41, 5.74) is 8.15. The van der Waals surface area contributed by atoms with E-state index in [1.54, 1.807) is 6.08 Å². The second kappa shape index (κ2) is 4.33. The van der Waals surface area contributed by atoms with E-state index in [9.17, 15) is 0 Å². The molecule has 0 amide bonds. The standard InChI is InChI=1S/C14H12N4/c15-8-6-12-7-9-18-10-13(17-14(18)16-12)11-4-2-1-3-5-11/h1-10H,15H2/b8-6+. The highest BCUT2D eigenvalue weighted by molar-refractivity contribution is 5.61. The van der Waals surface area contributed by atoms with E-state index in [4.69, 9.17) is 5.73 Å². The summed E-state index contributed by atoms with van der Waals surface area (Å²) in [6.07, 6.45) is 7.11. The molecule has 0 spiro atoms. The molecule has 2 aromatic heterocycles. The molecule has 3 aromatic rings. The smallest absolute Gasteiger partial charge is 0.234 e. The summed E-state index contributed by atoms with van der Waals surface area (Å²) in [6, 6.07) is 11.9. The minimum Gasteiger partial charge on any atom is -0.405 e. The number of aromatic nitrogens is 3. The van der Waals surface area contributed by atoms with Gasteiger partial charge in [0.05, 0.1) is 11.4 Å². The van der Waals surface area contributed by atoms with E-state index < -0.39 is 0 Å². The molecule has 2 heterocycles. The van der Waals surface area contributed by atoms with Crippen LogP contribution in [0, 0.1) is 0 Å². The lowest BCUT2D eigenvalue weighted by Crippen LogP contribution is -1.89. The molecule has 0 saturated heterocycles. The molecule has 88 valence electrons. The van der Waals surface area contributed by atoms with Gasteiger partial charge in [-0.05, 0) is 18.3 Å². The summed E-state index contributed by atoms with van der Waals surface area (Å²) in [5, 5.41) is 0. The molecule has 4 nitrogen and oxygen atoms in total. The number of hydrogen-bond donors (Lipinski definition) is 1. The van der Waals surface area contributed by atoms with Crippen molar-refractivity contribution in [2.75, 3.05) is 0 Å². The number of rotatable bonds is 2. The van der Waals surface area contributed by atoms with Gasteiger partial charge in [-0.25, -0.2) is 9.97 Å². The van der Waals surface area contributed by atoms with Crippen LogP contribution in [0.15, 0.2) is 55.0 Å². The van der Waals surface area contributed by atoms with E-state index in [2.05, 4.69) is 9.97 Å². The molecule has 3 rings (SSSR count). The highest BCUT2D eigenvalue weighted by Crippen LogP contribution is 2.17. The Kier molecular flexibility index (Phi) is 2.53. The maximum Gasteiger partial charge on any atom is 0.234 e. The zero-order valence-electron chi connectivity index (χ0n) is 9.69. The van der Waals surface area contributed by atoms with Gasteiger partial charge < -0.3 is 5.73 Å². The van der Waals surface area contributed by atoms with Crippen LogP contribution in [-0.4, -0.2) is 14.4 Å². The van der Waals surface area contributed by atoms with Gasteiger partial charge in [0.25, 0.3) is 0 Å². The Hall–Kier alpha value is -2.62. The molecule has 1 aromatic carbocycles. The molecule has 0 bridgehead atoms. The molecular formula is C14H12N4. The molecule has 0 aliphatic carbocycles. The fourth-order valence-electron chi connectivity index (χ4n) is 1.83. The van der Waals surface area contributed by atoms with Crippen LogP contribution in [-0.2, 0) is 0 Å². The van der Waals surface area contributed by atoms with E-state index in [1.165, 1.54) is 6.20 Å². The predicted octanol–water partition coefficient (Wildman–Crippen LogP) is 2.33. The molecule has 0 aliphatic heterocycles. The van der Waals surface area contributed by atoms with Crippen molar-refractivity contribution >= 4 is 11.9 Å². The van der Waals surface area contributed by atoms with Crippen LogP contribution in [0.2, 0.25) is 0 Å². The topological polar surface area (TPSA) is 56.2 Å². The maximum absolute atomic E-state index is 5.35. The molecule has 0 unspecified atom stereocenters. The Morgan fingerprint density at radius 1 is 1.06 bits per heavy atom. The van der Waals surface area contributed by atoms with Gasteiger partial charge in [0.1, 0.15) is 0 Å². The number of fused-ring (bicyclic) bond motifs is 1. The normalized spacial score (nSPS) is 11.3. The average Bonchev–Trinajstić information content (AvgIpc) is 2.83. The van der Waals surface area contributed by atoms with Crippen LogP contribution < -0.4 is 5.73 Å². The summed E-state index contributed by atoms with van der Waals surface area (Å²) < 4.78 is 1.90. The van der Waals surface area contributed by atoms with Gasteiger partial charge >= 0.3 is 0 Å². The number of benzene rings is 1. The van der Waals surface area contributed by atoms with Crippen molar-refractivity contribution in [3.05, 3.63) is 60.7 Å². The van der Waals surface area contributed by atoms with Gasteiger partial charge in [0.15, 0.2) is 0 Å². The van der Waals surface area contributed by atoms with Crippen molar-refractivity contribution in [1.82, 2.24) is 14.4 Å². The molecule has 18 heavy (non-hydrogen) atoms. The summed E-state index contributed by atoms with van der Waals surface area (Å²) >= 11 is 0. The number of imidazole rings is 1. The second-order valence-corrected chi connectivity index (χ2v) is 3.91. The summed E-state index contributed by atoms with van der Waals surface area (Å²) in [5.74, 6) is 0.671. The minimum absolute atomic E-state index is 0.671. The van der Waals surface area contributed by atoms with Gasteiger partial charge in [-0.3, -0.25) is 4.40 Å². The van der Waals surface area contributed by atoms with Crippen LogP contribution in [0.5, 0.6) is 0 Å². The van der Waals surface area contributed by atoms with Crippen LogP contribution in [0.1, 0.15) is 5.69 Å². The van der Waals surface area contributed by atoms with Gasteiger partial charge in [0.2, 0.25) is 5.78 Å². The van der Waals surface area contributed by atoms with E-state index in [0.717, 1.165) is 17.0 Å². The Bertz CT molecular complexity index is 698. The largest absolute Gasteiger partial charge is 0.405 e. The lowest BCUT2D eigenvalue weighted by Gasteiger charge is -1.93. The quantitative estimate of drug-likeness (QED) is 0.743. The lowest BCUT2D eigenvalue weighted by atomic mass is 10.2. The molecular weight excluding hydrogens is 224 g/mol. The Morgan fingerprint density at radius 2 is 1.89 bits per heavy atom. The van der Waals surface area contributed by atoms with E-state index >= 15 is 0 Å². The molecule has 0 radical (unpaired) electrons. The van der Waals surface area contributed by atoms with Crippen molar-refractivity contribution in [3.8, 4) is 11.3 Å². The fraction of sp³-hybridized carbons (Fsp3) is 0. The molecule has 0 saturated carbocycles. The highest BCUT2D eigenvalue weighted by atomic mass is 15.1. The van der Waals surface area contributed by atoms with Gasteiger partial charge in [-0.15, -0.1) is 0 Å². The van der Waals surface area contributed by atoms with E-state index in [-0.39, 0.29) is 0 Å². The Morgan fingerprint density at radius 3 is 2.67 bits per heavy atom. The van der Waals surface area contributed by atoms with Crippen molar-refractivity contribution in [2.45, 2.75) is 0 Å². The van der Waals surface area contributed by atoms with Crippen LogP contribution in [0.3, 0.4) is 0 Å². The molecule has 2 N–H and O–H groups in total. The molecule has 0 atom stereocenters. The number of nitrogens with two attached hydrogens (primary N) is 1. The van der Waals surface area contributed by atoms with Gasteiger partial charge in [0, 0.05) is 18.0 Å². The number of hydrogen-bond acceptors (Lipinski definition) is 3. The Labute approximate surface area is 104 Å². The first-order valence-corrected chi connectivity index (χ1v) is 5.66. The summed E-state index contributed by atoms with van der Waals surface area (Å²) in [7, 11) is 0. The van der Waals surface area contributed by atoms with Crippen molar-refractivity contribution < 1.29 is 0 Å². The van der Waals surface area contributed by atoms with Crippen molar-refractivity contribution in [1.29, 1.82) is 0 Å².